The molecule has 1 amide bonds. The maximum Gasteiger partial charge on any atom is 0.272 e. The molecule has 2 rings (SSSR count). The summed E-state index contributed by atoms with van der Waals surface area (Å²) in [5.74, 6) is 5.64. The van der Waals surface area contributed by atoms with Crippen LogP contribution in [0.1, 0.15) is 17.4 Å². The summed E-state index contributed by atoms with van der Waals surface area (Å²) < 4.78 is 0. The average Bonchev–Trinajstić information content (AvgIpc) is 2.29. The summed E-state index contributed by atoms with van der Waals surface area (Å²) in [5, 5.41) is 1.73. The van der Waals surface area contributed by atoms with Crippen molar-refractivity contribution in [1.82, 2.24) is 19.9 Å². The van der Waals surface area contributed by atoms with E-state index in [0.29, 0.717) is 25.3 Å². The number of rotatable bonds is 1. The molecule has 1 aliphatic heterocycles. The Labute approximate surface area is 94.0 Å². The molecule has 1 aliphatic rings. The van der Waals surface area contributed by atoms with Gasteiger partial charge in [0.15, 0.2) is 0 Å². The second-order valence-corrected chi connectivity index (χ2v) is 3.94. The van der Waals surface area contributed by atoms with Crippen molar-refractivity contribution in [2.24, 2.45) is 5.84 Å². The van der Waals surface area contributed by atoms with Gasteiger partial charge in [0.1, 0.15) is 12.0 Å². The third kappa shape index (κ3) is 2.17. The van der Waals surface area contributed by atoms with Crippen LogP contribution in [-0.2, 0) is 0 Å². The van der Waals surface area contributed by atoms with Crippen molar-refractivity contribution in [2.75, 3.05) is 19.6 Å². The fourth-order valence-corrected chi connectivity index (χ4v) is 1.85. The van der Waals surface area contributed by atoms with E-state index in [0.717, 1.165) is 0 Å². The summed E-state index contributed by atoms with van der Waals surface area (Å²) in [5.41, 5.74) is 0.437. The van der Waals surface area contributed by atoms with Crippen LogP contribution in [0.2, 0.25) is 0 Å². The lowest BCUT2D eigenvalue weighted by atomic mass is 10.2. The van der Waals surface area contributed by atoms with Crippen LogP contribution < -0.4 is 5.84 Å². The molecule has 1 saturated heterocycles. The van der Waals surface area contributed by atoms with Gasteiger partial charge in [-0.15, -0.1) is 0 Å². The molecule has 0 bridgehead atoms. The number of piperazine rings is 1. The lowest BCUT2D eigenvalue weighted by Crippen LogP contribution is -2.56. The summed E-state index contributed by atoms with van der Waals surface area (Å²) in [6.45, 7) is 4.01. The van der Waals surface area contributed by atoms with Crippen LogP contribution in [-0.4, -0.2) is 51.5 Å². The van der Waals surface area contributed by atoms with Gasteiger partial charge in [0.25, 0.3) is 5.91 Å². The van der Waals surface area contributed by atoms with Crippen molar-refractivity contribution >= 4 is 5.91 Å². The Hall–Kier alpha value is -1.53. The molecule has 0 aliphatic carbocycles. The minimum atomic E-state index is -0.0528. The van der Waals surface area contributed by atoms with E-state index in [1.165, 1.54) is 6.33 Å². The second kappa shape index (κ2) is 4.54. The molecule has 6 nitrogen and oxygen atoms in total. The maximum absolute atomic E-state index is 12.1. The molecular weight excluding hydrogens is 206 g/mol. The third-order valence-electron chi connectivity index (χ3n) is 2.72. The van der Waals surface area contributed by atoms with Crippen molar-refractivity contribution < 1.29 is 4.79 Å². The first kappa shape index (κ1) is 11.0. The number of carbonyl (C=O) groups is 1. The Balaban J connectivity index is 2.11. The fourth-order valence-electron chi connectivity index (χ4n) is 1.85. The summed E-state index contributed by atoms with van der Waals surface area (Å²) >= 11 is 0. The molecule has 6 heteroatoms. The minimum Gasteiger partial charge on any atom is -0.332 e. The zero-order valence-electron chi connectivity index (χ0n) is 9.21. The van der Waals surface area contributed by atoms with Crippen LogP contribution in [0.15, 0.2) is 18.6 Å². The molecule has 0 spiro atoms. The van der Waals surface area contributed by atoms with Crippen molar-refractivity contribution in [2.45, 2.75) is 13.0 Å². The molecule has 2 heterocycles. The Kier molecular flexibility index (Phi) is 3.12. The fraction of sp³-hybridized carbons (Fsp3) is 0.500. The van der Waals surface area contributed by atoms with Crippen molar-refractivity contribution in [3.63, 3.8) is 0 Å². The van der Waals surface area contributed by atoms with Crippen LogP contribution >= 0.6 is 0 Å². The number of hydrogen-bond acceptors (Lipinski definition) is 5. The zero-order valence-corrected chi connectivity index (χ0v) is 9.21. The van der Waals surface area contributed by atoms with E-state index in [4.69, 9.17) is 5.84 Å². The van der Waals surface area contributed by atoms with E-state index < -0.39 is 0 Å². The molecule has 0 aromatic carbocycles. The molecule has 1 atom stereocenters. The standard InChI is InChI=1S/C10H15N5O/c1-8-6-14(11)4-5-15(8)10(16)9-2-3-12-7-13-9/h2-3,7-8H,4-6,11H2,1H3/t8-/m1/s1. The minimum absolute atomic E-state index is 0.0528. The number of aromatic nitrogens is 2. The highest BCUT2D eigenvalue weighted by molar-refractivity contribution is 5.92. The van der Waals surface area contributed by atoms with Gasteiger partial charge in [-0.25, -0.2) is 15.0 Å². The summed E-state index contributed by atoms with van der Waals surface area (Å²) in [6.07, 6.45) is 2.96. The molecule has 0 unspecified atom stereocenters. The van der Waals surface area contributed by atoms with E-state index in [-0.39, 0.29) is 11.9 Å². The molecule has 0 saturated carbocycles. The van der Waals surface area contributed by atoms with Crippen LogP contribution in [0.4, 0.5) is 0 Å². The third-order valence-corrected chi connectivity index (χ3v) is 2.72. The molecule has 1 fully saturated rings. The van der Waals surface area contributed by atoms with Crippen LogP contribution in [0.25, 0.3) is 0 Å². The van der Waals surface area contributed by atoms with Gasteiger partial charge in [-0.05, 0) is 13.0 Å². The first-order chi connectivity index (χ1) is 7.68. The van der Waals surface area contributed by atoms with Gasteiger partial charge in [-0.2, -0.15) is 0 Å². The number of carbonyl (C=O) groups excluding carboxylic acids is 1. The highest BCUT2D eigenvalue weighted by atomic mass is 16.2. The smallest absolute Gasteiger partial charge is 0.272 e. The SMILES string of the molecule is C[C@@H]1CN(N)CCN1C(=O)c1ccncn1. The molecule has 16 heavy (non-hydrogen) atoms. The topological polar surface area (TPSA) is 75.3 Å². The first-order valence-corrected chi connectivity index (χ1v) is 5.25. The highest BCUT2D eigenvalue weighted by Gasteiger charge is 2.27. The number of nitrogens with zero attached hydrogens (tertiary/aromatic N) is 4. The van der Waals surface area contributed by atoms with Crippen LogP contribution in [0, 0.1) is 0 Å². The van der Waals surface area contributed by atoms with E-state index in [2.05, 4.69) is 9.97 Å². The number of hydrazine groups is 1. The average molecular weight is 221 g/mol. The van der Waals surface area contributed by atoms with Gasteiger partial charge >= 0.3 is 0 Å². The van der Waals surface area contributed by atoms with Gasteiger partial charge in [0.05, 0.1) is 0 Å². The molecule has 2 N–H and O–H groups in total. The first-order valence-electron chi connectivity index (χ1n) is 5.25. The van der Waals surface area contributed by atoms with Crippen molar-refractivity contribution in [3.8, 4) is 0 Å². The van der Waals surface area contributed by atoms with Gasteiger partial charge in [-0.1, -0.05) is 0 Å². The predicted octanol–water partition coefficient (Wildman–Crippen LogP) is -0.503. The Bertz CT molecular complexity index is 369. The molecular formula is C10H15N5O. The number of amides is 1. The Morgan fingerprint density at radius 1 is 1.56 bits per heavy atom. The normalized spacial score (nSPS) is 22.1. The van der Waals surface area contributed by atoms with E-state index in [9.17, 15) is 4.79 Å². The summed E-state index contributed by atoms with van der Waals surface area (Å²) in [4.78, 5) is 21.6. The monoisotopic (exact) mass is 221 g/mol. The van der Waals surface area contributed by atoms with E-state index >= 15 is 0 Å². The van der Waals surface area contributed by atoms with Crippen LogP contribution in [0.3, 0.4) is 0 Å². The van der Waals surface area contributed by atoms with Gasteiger partial charge in [0.2, 0.25) is 0 Å². The Morgan fingerprint density at radius 2 is 2.38 bits per heavy atom. The van der Waals surface area contributed by atoms with Gasteiger partial charge < -0.3 is 4.90 Å². The summed E-state index contributed by atoms with van der Waals surface area (Å²) in [7, 11) is 0. The lowest BCUT2D eigenvalue weighted by molar-refractivity contribution is 0.0484. The Morgan fingerprint density at radius 3 is 3.00 bits per heavy atom. The quantitative estimate of drug-likeness (QED) is 0.647. The molecule has 1 aromatic rings. The summed E-state index contributed by atoms with van der Waals surface area (Å²) in [6, 6.07) is 1.74. The van der Waals surface area contributed by atoms with E-state index in [1.54, 1.807) is 22.2 Å². The molecule has 0 radical (unpaired) electrons. The van der Waals surface area contributed by atoms with Crippen LogP contribution in [0.5, 0.6) is 0 Å². The van der Waals surface area contributed by atoms with E-state index in [1.807, 2.05) is 6.92 Å². The maximum atomic E-state index is 12.1. The van der Waals surface area contributed by atoms with Crippen molar-refractivity contribution in [1.29, 1.82) is 0 Å². The molecule has 86 valence electrons. The number of nitrogens with two attached hydrogens (primary N) is 1. The van der Waals surface area contributed by atoms with Crippen molar-refractivity contribution in [3.05, 3.63) is 24.3 Å². The zero-order chi connectivity index (χ0) is 11.5. The highest BCUT2D eigenvalue weighted by Crippen LogP contribution is 2.10. The molecule has 1 aromatic heterocycles. The van der Waals surface area contributed by atoms with Gasteiger partial charge in [0, 0.05) is 31.9 Å². The largest absolute Gasteiger partial charge is 0.332 e. The predicted molar refractivity (Wildman–Crippen MR) is 58.3 cm³/mol. The second-order valence-electron chi connectivity index (χ2n) is 3.94. The van der Waals surface area contributed by atoms with Gasteiger partial charge in [-0.3, -0.25) is 10.6 Å². The lowest BCUT2D eigenvalue weighted by Gasteiger charge is -2.37. The number of hydrogen-bond donors (Lipinski definition) is 1.